The molecule has 0 saturated carbocycles. The van der Waals surface area contributed by atoms with Crippen LogP contribution in [-0.4, -0.2) is 66.2 Å². The summed E-state index contributed by atoms with van der Waals surface area (Å²) in [6.45, 7) is 2.31. The molecule has 0 bridgehead atoms. The van der Waals surface area contributed by atoms with E-state index in [1.54, 1.807) is 18.3 Å². The van der Waals surface area contributed by atoms with Crippen molar-refractivity contribution in [3.8, 4) is 23.5 Å². The summed E-state index contributed by atoms with van der Waals surface area (Å²) in [6, 6.07) is 11.5. The highest BCUT2D eigenvalue weighted by Gasteiger charge is 2.24. The van der Waals surface area contributed by atoms with E-state index < -0.39 is 5.82 Å². The summed E-state index contributed by atoms with van der Waals surface area (Å²) < 4.78 is 22.2. The summed E-state index contributed by atoms with van der Waals surface area (Å²) in [5.41, 5.74) is 0.865. The molecule has 4 aromatic rings. The highest BCUT2D eigenvalue weighted by molar-refractivity contribution is 6.36. The Balaban J connectivity index is 1.61. The van der Waals surface area contributed by atoms with E-state index in [4.69, 9.17) is 21.6 Å². The van der Waals surface area contributed by atoms with Crippen molar-refractivity contribution in [1.82, 2.24) is 25.2 Å². The van der Waals surface area contributed by atoms with Crippen LogP contribution in [0.3, 0.4) is 0 Å². The third-order valence-corrected chi connectivity index (χ3v) is 7.16. The molecule has 2 aromatic carbocycles. The number of likely N-dealkylation sites (N-methyl/N-ethyl adjacent to an activating group) is 2. The minimum absolute atomic E-state index is 0.106. The molecule has 8 nitrogen and oxygen atoms in total. The molecule has 37 heavy (non-hydrogen) atoms. The topological polar surface area (TPSA) is 90.2 Å². The Morgan fingerprint density at radius 2 is 2.08 bits per heavy atom. The molecular weight excluding hydrogens is 493 g/mol. The number of nitrogens with zero attached hydrogens (tertiary/aromatic N) is 6. The van der Waals surface area contributed by atoms with E-state index in [1.165, 1.54) is 0 Å². The van der Waals surface area contributed by atoms with Crippen molar-refractivity contribution in [3.63, 3.8) is 0 Å². The van der Waals surface area contributed by atoms with Gasteiger partial charge in [0.05, 0.1) is 5.39 Å². The fraction of sp³-hybridized carbons (Fsp3) is 0.333. The molecule has 1 saturated heterocycles. The number of hydrogen-bond acceptors (Lipinski definition) is 8. The molecule has 1 aliphatic heterocycles. The number of fused-ring (bicyclic) bond motifs is 2. The second kappa shape index (κ2) is 10.7. The van der Waals surface area contributed by atoms with Gasteiger partial charge in [0, 0.05) is 48.3 Å². The molecule has 1 N–H and O–H groups in total. The Bertz CT molecular complexity index is 1490. The summed E-state index contributed by atoms with van der Waals surface area (Å²) in [5, 5.41) is 14.1. The van der Waals surface area contributed by atoms with E-state index in [2.05, 4.69) is 32.2 Å². The molecular formula is C27H27ClFN7O. The normalized spacial score (nSPS) is 15.7. The molecule has 1 atom stereocenters. The quantitative estimate of drug-likeness (QED) is 0.205. The number of nitrogens with one attached hydrogen (secondary N) is 1. The summed E-state index contributed by atoms with van der Waals surface area (Å²) in [7, 11) is 3.89. The van der Waals surface area contributed by atoms with Gasteiger partial charge in [0.25, 0.3) is 0 Å². The molecule has 1 fully saturated rings. The lowest BCUT2D eigenvalue weighted by Gasteiger charge is -2.22. The van der Waals surface area contributed by atoms with Gasteiger partial charge in [0.2, 0.25) is 0 Å². The number of likely N-dealkylation sites (tertiary alicyclic amines) is 1. The van der Waals surface area contributed by atoms with Crippen LogP contribution in [0.2, 0.25) is 5.02 Å². The van der Waals surface area contributed by atoms with Crippen LogP contribution < -0.4 is 15.0 Å². The maximum Gasteiger partial charge on any atom is 0.319 e. The molecule has 5 rings (SSSR count). The van der Waals surface area contributed by atoms with E-state index >= 15 is 4.39 Å². The molecule has 10 heteroatoms. The first-order valence-corrected chi connectivity index (χ1v) is 12.6. The zero-order chi connectivity index (χ0) is 25.9. The van der Waals surface area contributed by atoms with Gasteiger partial charge in [0.15, 0.2) is 12.0 Å². The smallest absolute Gasteiger partial charge is 0.319 e. The van der Waals surface area contributed by atoms with E-state index in [0.717, 1.165) is 30.2 Å². The predicted octanol–water partition coefficient (Wildman–Crippen LogP) is 4.62. The van der Waals surface area contributed by atoms with Crippen molar-refractivity contribution in [2.45, 2.75) is 18.9 Å². The lowest BCUT2D eigenvalue weighted by Crippen LogP contribution is -2.31. The van der Waals surface area contributed by atoms with Crippen molar-refractivity contribution in [1.29, 1.82) is 5.26 Å². The lowest BCUT2D eigenvalue weighted by atomic mass is 10.0. The molecule has 190 valence electrons. The number of nitriles is 1. The molecule has 0 amide bonds. The van der Waals surface area contributed by atoms with Gasteiger partial charge in [0.1, 0.15) is 23.6 Å². The van der Waals surface area contributed by atoms with Crippen LogP contribution >= 0.6 is 11.6 Å². The summed E-state index contributed by atoms with van der Waals surface area (Å²) in [5.74, 6) is -0.0895. The number of pyridine rings is 1. The van der Waals surface area contributed by atoms with Crippen molar-refractivity contribution in [2.24, 2.45) is 0 Å². The zero-order valence-corrected chi connectivity index (χ0v) is 21.5. The van der Waals surface area contributed by atoms with Gasteiger partial charge in [-0.3, -0.25) is 4.98 Å². The number of hydrogen-bond donors (Lipinski definition) is 1. The van der Waals surface area contributed by atoms with E-state index in [-0.39, 0.29) is 23.3 Å². The predicted molar refractivity (Wildman–Crippen MR) is 143 cm³/mol. The number of anilines is 1. The third kappa shape index (κ3) is 4.95. The van der Waals surface area contributed by atoms with Crippen LogP contribution in [-0.2, 0) is 0 Å². The minimum Gasteiger partial charge on any atom is -0.462 e. The van der Waals surface area contributed by atoms with Crippen LogP contribution in [0.4, 0.5) is 10.2 Å². The lowest BCUT2D eigenvalue weighted by molar-refractivity contribution is 0.188. The molecule has 0 aliphatic carbocycles. The zero-order valence-electron chi connectivity index (χ0n) is 20.7. The van der Waals surface area contributed by atoms with Gasteiger partial charge >= 0.3 is 6.01 Å². The average molecular weight is 520 g/mol. The maximum atomic E-state index is 16.2. The monoisotopic (exact) mass is 519 g/mol. The standard InChI is InChI=1S/C27H27ClFN7O/c1-35-12-5-8-18(35)15-37-27-33-25-20(26(34-27)36(2)13-11-31-16-30)14-32-24(23(25)29)19-9-3-6-17-7-4-10-21(28)22(17)19/h3-4,6-7,9-10,14,18,31H,5,8,11-13,15H2,1-2H3/t18-/m0/s1. The number of benzene rings is 2. The molecule has 0 spiro atoms. The second-order valence-corrected chi connectivity index (χ2v) is 9.61. The number of halogens is 2. The Labute approximate surface area is 219 Å². The first-order valence-electron chi connectivity index (χ1n) is 12.2. The van der Waals surface area contributed by atoms with Crippen LogP contribution in [0.5, 0.6) is 6.01 Å². The number of rotatable bonds is 8. The Morgan fingerprint density at radius 3 is 2.84 bits per heavy atom. The molecule has 0 unspecified atom stereocenters. The third-order valence-electron chi connectivity index (χ3n) is 6.84. The van der Waals surface area contributed by atoms with Crippen LogP contribution in [0.1, 0.15) is 12.8 Å². The van der Waals surface area contributed by atoms with Crippen LogP contribution in [0.25, 0.3) is 32.9 Å². The first kappa shape index (κ1) is 24.9. The fourth-order valence-electron chi connectivity index (χ4n) is 4.80. The van der Waals surface area contributed by atoms with Gasteiger partial charge < -0.3 is 19.9 Å². The Hall–Kier alpha value is -3.74. The van der Waals surface area contributed by atoms with Crippen molar-refractivity contribution in [3.05, 3.63) is 53.4 Å². The van der Waals surface area contributed by atoms with Crippen LogP contribution in [0, 0.1) is 17.3 Å². The highest BCUT2D eigenvalue weighted by atomic mass is 35.5. The minimum atomic E-state index is -0.569. The molecule has 1 aliphatic rings. The fourth-order valence-corrected chi connectivity index (χ4v) is 5.09. The first-order chi connectivity index (χ1) is 18.0. The van der Waals surface area contributed by atoms with Gasteiger partial charge in [-0.1, -0.05) is 41.9 Å². The molecule has 3 heterocycles. The van der Waals surface area contributed by atoms with E-state index in [1.807, 2.05) is 42.4 Å². The SMILES string of the molecule is CN(CCNC#N)c1nc(OC[C@@H]2CCCN2C)nc2c(F)c(-c3cccc4cccc(Cl)c34)ncc12. The van der Waals surface area contributed by atoms with Crippen molar-refractivity contribution >= 4 is 39.1 Å². The second-order valence-electron chi connectivity index (χ2n) is 9.20. The number of aromatic nitrogens is 3. The van der Waals surface area contributed by atoms with Gasteiger partial charge in [-0.25, -0.2) is 4.39 Å². The van der Waals surface area contributed by atoms with E-state index in [0.29, 0.717) is 41.5 Å². The van der Waals surface area contributed by atoms with Crippen LogP contribution in [0.15, 0.2) is 42.6 Å². The van der Waals surface area contributed by atoms with Gasteiger partial charge in [-0.2, -0.15) is 15.2 Å². The van der Waals surface area contributed by atoms with Gasteiger partial charge in [-0.15, -0.1) is 0 Å². The van der Waals surface area contributed by atoms with Crippen molar-refractivity contribution in [2.75, 3.05) is 45.2 Å². The molecule has 0 radical (unpaired) electrons. The van der Waals surface area contributed by atoms with Gasteiger partial charge in [-0.05, 0) is 37.9 Å². The van der Waals surface area contributed by atoms with E-state index in [9.17, 15) is 0 Å². The highest BCUT2D eigenvalue weighted by Crippen LogP contribution is 2.37. The largest absolute Gasteiger partial charge is 0.462 e. The molecule has 2 aromatic heterocycles. The van der Waals surface area contributed by atoms with Crippen molar-refractivity contribution < 1.29 is 9.13 Å². The summed E-state index contributed by atoms with van der Waals surface area (Å²) in [4.78, 5) is 17.7. The Kier molecular flexibility index (Phi) is 7.22. The average Bonchev–Trinajstić information content (AvgIpc) is 3.32. The summed E-state index contributed by atoms with van der Waals surface area (Å²) in [6.07, 6.45) is 5.64. The number of ether oxygens (including phenoxy) is 1. The summed E-state index contributed by atoms with van der Waals surface area (Å²) >= 11 is 6.52. The Morgan fingerprint density at radius 1 is 1.27 bits per heavy atom. The maximum absolute atomic E-state index is 16.2.